The molecule has 2 nitrogen and oxygen atoms in total. The van der Waals surface area contributed by atoms with Crippen molar-refractivity contribution in [2.75, 3.05) is 20.3 Å². The van der Waals surface area contributed by atoms with Crippen LogP contribution < -0.4 is 5.32 Å². The van der Waals surface area contributed by atoms with Crippen molar-refractivity contribution in [3.63, 3.8) is 0 Å². The van der Waals surface area contributed by atoms with E-state index in [1.165, 1.54) is 32.1 Å². The Morgan fingerprint density at radius 1 is 1.19 bits per heavy atom. The minimum absolute atomic E-state index is 0.653. The van der Waals surface area contributed by atoms with E-state index in [1.807, 2.05) is 0 Å². The summed E-state index contributed by atoms with van der Waals surface area (Å²) in [6.07, 6.45) is 8.38. The molecule has 0 aromatic heterocycles. The van der Waals surface area contributed by atoms with Gasteiger partial charge in [-0.3, -0.25) is 0 Å². The molecule has 0 spiro atoms. The van der Waals surface area contributed by atoms with Gasteiger partial charge in [-0.1, -0.05) is 39.0 Å². The molecule has 0 saturated heterocycles. The van der Waals surface area contributed by atoms with Gasteiger partial charge in [-0.15, -0.1) is 0 Å². The summed E-state index contributed by atoms with van der Waals surface area (Å²) in [5.41, 5.74) is 0. The molecule has 1 aliphatic carbocycles. The maximum atomic E-state index is 5.06. The van der Waals surface area contributed by atoms with E-state index in [0.29, 0.717) is 6.04 Å². The van der Waals surface area contributed by atoms with Gasteiger partial charge < -0.3 is 10.1 Å². The molecule has 2 heteroatoms. The normalized spacial score (nSPS) is 21.9. The third kappa shape index (κ3) is 4.84. The summed E-state index contributed by atoms with van der Waals surface area (Å²) in [6, 6.07) is 0.653. The molecule has 1 N–H and O–H groups in total. The van der Waals surface area contributed by atoms with Crippen molar-refractivity contribution in [3.05, 3.63) is 0 Å². The predicted molar refractivity (Wildman–Crippen MR) is 69.7 cm³/mol. The number of methoxy groups -OCH3 is 1. The molecule has 16 heavy (non-hydrogen) atoms. The minimum Gasteiger partial charge on any atom is -0.385 e. The fourth-order valence-corrected chi connectivity index (χ4v) is 2.80. The fourth-order valence-electron chi connectivity index (χ4n) is 2.80. The van der Waals surface area contributed by atoms with Crippen LogP contribution in [0.2, 0.25) is 0 Å². The molecule has 0 bridgehead atoms. The standard InChI is InChI=1S/C14H29NO/c1-12(14-8-5-4-6-9-14)13(2)15-10-7-11-16-3/h12-15H,4-11H2,1-3H3. The molecule has 1 rings (SSSR count). The lowest BCUT2D eigenvalue weighted by molar-refractivity contribution is 0.185. The molecule has 2 unspecified atom stereocenters. The zero-order valence-electron chi connectivity index (χ0n) is 11.3. The Morgan fingerprint density at radius 2 is 1.88 bits per heavy atom. The molecular formula is C14H29NO. The van der Waals surface area contributed by atoms with E-state index >= 15 is 0 Å². The van der Waals surface area contributed by atoms with Crippen molar-refractivity contribution in [2.24, 2.45) is 11.8 Å². The molecule has 0 radical (unpaired) electrons. The lowest BCUT2D eigenvalue weighted by Gasteiger charge is -2.32. The molecule has 0 aromatic carbocycles. The average Bonchev–Trinajstić information content (AvgIpc) is 2.34. The van der Waals surface area contributed by atoms with Gasteiger partial charge in [-0.05, 0) is 31.7 Å². The molecule has 0 amide bonds. The second kappa shape index (κ2) is 8.08. The molecule has 0 aliphatic heterocycles. The summed E-state index contributed by atoms with van der Waals surface area (Å²) in [6.45, 7) is 6.72. The highest BCUT2D eigenvalue weighted by Gasteiger charge is 2.23. The van der Waals surface area contributed by atoms with Crippen molar-refractivity contribution < 1.29 is 4.74 Å². The third-order valence-electron chi connectivity index (χ3n) is 4.17. The highest BCUT2D eigenvalue weighted by molar-refractivity contribution is 4.78. The summed E-state index contributed by atoms with van der Waals surface area (Å²) in [5, 5.41) is 3.63. The first-order valence-electron chi connectivity index (χ1n) is 6.98. The topological polar surface area (TPSA) is 21.3 Å². The second-order valence-electron chi connectivity index (χ2n) is 5.35. The molecule has 1 fully saturated rings. The molecule has 1 saturated carbocycles. The largest absolute Gasteiger partial charge is 0.385 e. The van der Waals surface area contributed by atoms with E-state index in [4.69, 9.17) is 4.74 Å². The summed E-state index contributed by atoms with van der Waals surface area (Å²) < 4.78 is 5.06. The van der Waals surface area contributed by atoms with E-state index in [0.717, 1.165) is 31.4 Å². The van der Waals surface area contributed by atoms with Gasteiger partial charge in [0, 0.05) is 19.8 Å². The summed E-state index contributed by atoms with van der Waals surface area (Å²) in [4.78, 5) is 0. The van der Waals surface area contributed by atoms with Gasteiger partial charge in [0.15, 0.2) is 0 Å². The van der Waals surface area contributed by atoms with Crippen LogP contribution in [0.25, 0.3) is 0 Å². The Labute approximate surface area is 101 Å². The zero-order chi connectivity index (χ0) is 11.8. The molecule has 2 atom stereocenters. The Bertz CT molecular complexity index is 166. The van der Waals surface area contributed by atoms with Gasteiger partial charge in [0.1, 0.15) is 0 Å². The van der Waals surface area contributed by atoms with E-state index in [1.54, 1.807) is 7.11 Å². The van der Waals surface area contributed by atoms with Gasteiger partial charge >= 0.3 is 0 Å². The lowest BCUT2D eigenvalue weighted by atomic mass is 9.78. The first-order chi connectivity index (χ1) is 7.75. The highest BCUT2D eigenvalue weighted by Crippen LogP contribution is 2.31. The van der Waals surface area contributed by atoms with Gasteiger partial charge in [0.25, 0.3) is 0 Å². The summed E-state index contributed by atoms with van der Waals surface area (Å²) in [7, 11) is 1.77. The van der Waals surface area contributed by atoms with Crippen LogP contribution in [0, 0.1) is 11.8 Å². The second-order valence-corrected chi connectivity index (χ2v) is 5.35. The van der Waals surface area contributed by atoms with E-state index in [2.05, 4.69) is 19.2 Å². The fraction of sp³-hybridized carbons (Fsp3) is 1.00. The Balaban J connectivity index is 2.15. The number of hydrogen-bond acceptors (Lipinski definition) is 2. The van der Waals surface area contributed by atoms with E-state index in [-0.39, 0.29) is 0 Å². The number of hydrogen-bond donors (Lipinski definition) is 1. The summed E-state index contributed by atoms with van der Waals surface area (Å²) >= 11 is 0. The van der Waals surface area contributed by atoms with Crippen LogP contribution in [0.15, 0.2) is 0 Å². The molecule has 96 valence electrons. The number of rotatable bonds is 7. The maximum absolute atomic E-state index is 5.06. The van der Waals surface area contributed by atoms with Gasteiger partial charge in [-0.25, -0.2) is 0 Å². The molecule has 0 heterocycles. The number of ether oxygens (including phenoxy) is 1. The predicted octanol–water partition coefficient (Wildman–Crippen LogP) is 3.22. The SMILES string of the molecule is COCCCNC(C)C(C)C1CCCCC1. The molecular weight excluding hydrogens is 198 g/mol. The van der Waals surface area contributed by atoms with Crippen LogP contribution in [0.4, 0.5) is 0 Å². The van der Waals surface area contributed by atoms with E-state index < -0.39 is 0 Å². The summed E-state index contributed by atoms with van der Waals surface area (Å²) in [5.74, 6) is 1.78. The van der Waals surface area contributed by atoms with Crippen molar-refractivity contribution in [1.82, 2.24) is 5.32 Å². The first kappa shape index (κ1) is 14.0. The molecule has 0 aromatic rings. The molecule has 1 aliphatic rings. The van der Waals surface area contributed by atoms with Gasteiger partial charge in [-0.2, -0.15) is 0 Å². The van der Waals surface area contributed by atoms with Crippen molar-refractivity contribution in [3.8, 4) is 0 Å². The van der Waals surface area contributed by atoms with Crippen LogP contribution >= 0.6 is 0 Å². The number of nitrogens with one attached hydrogen (secondary N) is 1. The monoisotopic (exact) mass is 227 g/mol. The quantitative estimate of drug-likeness (QED) is 0.674. The van der Waals surface area contributed by atoms with Gasteiger partial charge in [0.2, 0.25) is 0 Å². The van der Waals surface area contributed by atoms with Crippen molar-refractivity contribution in [2.45, 2.75) is 58.4 Å². The van der Waals surface area contributed by atoms with Crippen molar-refractivity contribution in [1.29, 1.82) is 0 Å². The zero-order valence-corrected chi connectivity index (χ0v) is 11.3. The smallest absolute Gasteiger partial charge is 0.0474 e. The third-order valence-corrected chi connectivity index (χ3v) is 4.17. The van der Waals surface area contributed by atoms with Crippen molar-refractivity contribution >= 4 is 0 Å². The van der Waals surface area contributed by atoms with Crippen LogP contribution in [0.1, 0.15) is 52.4 Å². The van der Waals surface area contributed by atoms with E-state index in [9.17, 15) is 0 Å². The van der Waals surface area contributed by atoms with Crippen LogP contribution in [0.3, 0.4) is 0 Å². The Morgan fingerprint density at radius 3 is 2.50 bits per heavy atom. The average molecular weight is 227 g/mol. The van der Waals surface area contributed by atoms with Gasteiger partial charge in [0.05, 0.1) is 0 Å². The van der Waals surface area contributed by atoms with Crippen LogP contribution in [-0.2, 0) is 4.74 Å². The van der Waals surface area contributed by atoms with Crippen LogP contribution in [-0.4, -0.2) is 26.3 Å². The maximum Gasteiger partial charge on any atom is 0.0474 e. The Hall–Kier alpha value is -0.0800. The highest BCUT2D eigenvalue weighted by atomic mass is 16.5. The lowest BCUT2D eigenvalue weighted by Crippen LogP contribution is -2.37. The van der Waals surface area contributed by atoms with Crippen LogP contribution in [0.5, 0.6) is 0 Å². The first-order valence-corrected chi connectivity index (χ1v) is 6.98. The minimum atomic E-state index is 0.653. The Kier molecular flexibility index (Phi) is 7.06.